The summed E-state index contributed by atoms with van der Waals surface area (Å²) in [5.41, 5.74) is 4.58. The van der Waals surface area contributed by atoms with Crippen LogP contribution in [-0.2, 0) is 9.53 Å². The first-order chi connectivity index (χ1) is 14.2. The van der Waals surface area contributed by atoms with Gasteiger partial charge in [-0.25, -0.2) is 4.79 Å². The third-order valence-electron chi connectivity index (χ3n) is 5.48. The summed E-state index contributed by atoms with van der Waals surface area (Å²) in [6.45, 7) is 1.87. The van der Waals surface area contributed by atoms with Crippen LogP contribution in [0.1, 0.15) is 56.1 Å². The van der Waals surface area contributed by atoms with Gasteiger partial charge in [0.05, 0.1) is 6.61 Å². The molecule has 1 aliphatic carbocycles. The van der Waals surface area contributed by atoms with E-state index in [0.717, 1.165) is 47.9 Å². The van der Waals surface area contributed by atoms with Crippen LogP contribution in [-0.4, -0.2) is 36.2 Å². The van der Waals surface area contributed by atoms with E-state index in [-0.39, 0.29) is 18.3 Å². The Balaban J connectivity index is 1.57. The van der Waals surface area contributed by atoms with Crippen LogP contribution < -0.4 is 5.32 Å². The molecule has 5 heteroatoms. The molecule has 1 amide bonds. The molecule has 29 heavy (non-hydrogen) atoms. The van der Waals surface area contributed by atoms with Crippen molar-refractivity contribution in [3.8, 4) is 11.1 Å². The van der Waals surface area contributed by atoms with Gasteiger partial charge < -0.3 is 15.2 Å². The second kappa shape index (κ2) is 10.2. The van der Waals surface area contributed by atoms with Gasteiger partial charge in [-0.3, -0.25) is 4.79 Å². The van der Waals surface area contributed by atoms with Crippen molar-refractivity contribution in [2.24, 2.45) is 0 Å². The average Bonchev–Trinajstić information content (AvgIpc) is 3.07. The van der Waals surface area contributed by atoms with E-state index < -0.39 is 18.7 Å². The number of alkyl carbamates (subject to hydrolysis) is 1. The predicted octanol–water partition coefficient (Wildman–Crippen LogP) is 4.43. The molecule has 0 heterocycles. The van der Waals surface area contributed by atoms with Crippen molar-refractivity contribution in [1.29, 1.82) is 0 Å². The van der Waals surface area contributed by atoms with Crippen LogP contribution in [0, 0.1) is 0 Å². The minimum atomic E-state index is -0.910. The Bertz CT molecular complexity index is 803. The minimum absolute atomic E-state index is 0.0366. The first-order valence-electron chi connectivity index (χ1n) is 10.4. The number of hydrogen-bond acceptors (Lipinski definition) is 4. The van der Waals surface area contributed by atoms with E-state index in [9.17, 15) is 14.7 Å². The van der Waals surface area contributed by atoms with E-state index >= 15 is 0 Å². The standard InChI is InChI=1S/C24H29NO4/c1-2-3-4-5-14-23(27)22(15-26)25-24(28)29-16-21-19-12-8-6-10-17(19)18-11-7-9-13-20(18)21/h6-13,21-22,26H,2-5,14-16H2,1H3,(H,25,28). The maximum atomic E-state index is 12.3. The number of ketones is 1. The third kappa shape index (κ3) is 5.04. The van der Waals surface area contributed by atoms with Crippen LogP contribution >= 0.6 is 0 Å². The highest BCUT2D eigenvalue weighted by atomic mass is 16.5. The number of rotatable bonds is 10. The van der Waals surface area contributed by atoms with Crippen molar-refractivity contribution in [1.82, 2.24) is 5.32 Å². The fourth-order valence-corrected chi connectivity index (χ4v) is 3.91. The van der Waals surface area contributed by atoms with Gasteiger partial charge in [-0.2, -0.15) is 0 Å². The Kier molecular flexibility index (Phi) is 7.42. The molecule has 0 radical (unpaired) electrons. The molecule has 0 saturated heterocycles. The first-order valence-corrected chi connectivity index (χ1v) is 10.4. The molecule has 1 aliphatic rings. The van der Waals surface area contributed by atoms with Crippen molar-refractivity contribution >= 4 is 11.9 Å². The molecule has 2 N–H and O–H groups in total. The number of carbonyl (C=O) groups is 2. The van der Waals surface area contributed by atoms with E-state index in [1.807, 2.05) is 24.3 Å². The first kappa shape index (κ1) is 21.1. The normalized spacial score (nSPS) is 13.4. The molecule has 5 nitrogen and oxygen atoms in total. The SMILES string of the molecule is CCCCCCC(=O)C(CO)NC(=O)OCC1c2ccccc2-c2ccccc21. The number of nitrogens with one attached hydrogen (secondary N) is 1. The maximum Gasteiger partial charge on any atom is 0.407 e. The van der Waals surface area contributed by atoms with E-state index in [2.05, 4.69) is 36.5 Å². The summed E-state index contributed by atoms with van der Waals surface area (Å²) < 4.78 is 5.45. The molecule has 1 atom stereocenters. The number of benzene rings is 2. The number of ether oxygens (including phenoxy) is 1. The number of carbonyl (C=O) groups excluding carboxylic acids is 2. The minimum Gasteiger partial charge on any atom is -0.449 e. The van der Waals surface area contributed by atoms with Crippen LogP contribution in [0.5, 0.6) is 0 Å². The topological polar surface area (TPSA) is 75.6 Å². The Hall–Kier alpha value is -2.66. The summed E-state index contributed by atoms with van der Waals surface area (Å²) in [6, 6.07) is 15.3. The number of aliphatic hydroxyl groups excluding tert-OH is 1. The third-order valence-corrected chi connectivity index (χ3v) is 5.48. The number of aliphatic hydroxyl groups is 1. The summed E-state index contributed by atoms with van der Waals surface area (Å²) in [5, 5.41) is 12.0. The average molecular weight is 395 g/mol. The van der Waals surface area contributed by atoms with E-state index in [1.54, 1.807) is 0 Å². The molecular formula is C24H29NO4. The number of unbranched alkanes of at least 4 members (excludes halogenated alkanes) is 3. The van der Waals surface area contributed by atoms with Gasteiger partial charge in [-0.1, -0.05) is 74.7 Å². The highest BCUT2D eigenvalue weighted by Crippen LogP contribution is 2.44. The predicted molar refractivity (Wildman–Crippen MR) is 113 cm³/mol. The lowest BCUT2D eigenvalue weighted by Gasteiger charge is -2.18. The number of Topliss-reactive ketones (excluding diaryl/α,β-unsaturated/α-hetero) is 1. The quantitative estimate of drug-likeness (QED) is 0.584. The van der Waals surface area contributed by atoms with Gasteiger partial charge in [0.25, 0.3) is 0 Å². The monoisotopic (exact) mass is 395 g/mol. The molecule has 0 aliphatic heterocycles. The highest BCUT2D eigenvalue weighted by molar-refractivity contribution is 5.87. The van der Waals surface area contributed by atoms with E-state index in [0.29, 0.717) is 6.42 Å². The summed E-state index contributed by atoms with van der Waals surface area (Å²) in [6.07, 6.45) is 3.61. The van der Waals surface area contributed by atoms with Gasteiger partial charge in [-0.05, 0) is 28.7 Å². The van der Waals surface area contributed by atoms with Crippen LogP contribution in [0.25, 0.3) is 11.1 Å². The number of fused-ring (bicyclic) bond motifs is 3. The lowest BCUT2D eigenvalue weighted by atomic mass is 9.98. The van der Waals surface area contributed by atoms with Gasteiger partial charge >= 0.3 is 6.09 Å². The van der Waals surface area contributed by atoms with Crippen molar-refractivity contribution in [3.63, 3.8) is 0 Å². The zero-order valence-corrected chi connectivity index (χ0v) is 16.9. The van der Waals surface area contributed by atoms with Gasteiger partial charge in [0.2, 0.25) is 0 Å². The van der Waals surface area contributed by atoms with Crippen molar-refractivity contribution in [2.75, 3.05) is 13.2 Å². The van der Waals surface area contributed by atoms with Gasteiger partial charge in [0, 0.05) is 12.3 Å². The Labute approximate surface area is 172 Å². The van der Waals surface area contributed by atoms with Gasteiger partial charge in [-0.15, -0.1) is 0 Å². The molecule has 0 aromatic heterocycles. The van der Waals surface area contributed by atoms with Crippen LogP contribution in [0.4, 0.5) is 4.79 Å². The van der Waals surface area contributed by atoms with Gasteiger partial charge in [0.15, 0.2) is 5.78 Å². The lowest BCUT2D eigenvalue weighted by Crippen LogP contribution is -2.43. The molecule has 0 saturated carbocycles. The zero-order valence-electron chi connectivity index (χ0n) is 16.9. The van der Waals surface area contributed by atoms with Crippen LogP contribution in [0.2, 0.25) is 0 Å². The van der Waals surface area contributed by atoms with E-state index in [1.165, 1.54) is 0 Å². The highest BCUT2D eigenvalue weighted by Gasteiger charge is 2.29. The summed E-state index contributed by atoms with van der Waals surface area (Å²) in [5.74, 6) is -0.192. The van der Waals surface area contributed by atoms with Crippen LogP contribution in [0.3, 0.4) is 0 Å². The summed E-state index contributed by atoms with van der Waals surface area (Å²) in [4.78, 5) is 24.5. The maximum absolute atomic E-state index is 12.3. The molecule has 3 rings (SSSR count). The van der Waals surface area contributed by atoms with Crippen molar-refractivity contribution in [3.05, 3.63) is 59.7 Å². The molecule has 0 bridgehead atoms. The lowest BCUT2D eigenvalue weighted by molar-refractivity contribution is -0.122. The molecule has 0 fully saturated rings. The fraction of sp³-hybridized carbons (Fsp3) is 0.417. The molecule has 2 aromatic rings. The number of amides is 1. The molecule has 2 aromatic carbocycles. The van der Waals surface area contributed by atoms with Crippen molar-refractivity contribution < 1.29 is 19.4 Å². The van der Waals surface area contributed by atoms with Crippen molar-refractivity contribution in [2.45, 2.75) is 51.0 Å². The van der Waals surface area contributed by atoms with E-state index in [4.69, 9.17) is 4.74 Å². The Morgan fingerprint density at radius 1 is 1.00 bits per heavy atom. The van der Waals surface area contributed by atoms with Gasteiger partial charge in [0.1, 0.15) is 12.6 Å². The molecule has 0 spiro atoms. The summed E-state index contributed by atoms with van der Waals surface area (Å²) in [7, 11) is 0. The Morgan fingerprint density at radius 2 is 1.62 bits per heavy atom. The van der Waals surface area contributed by atoms with Crippen LogP contribution in [0.15, 0.2) is 48.5 Å². The second-order valence-corrected chi connectivity index (χ2v) is 7.48. The fourth-order valence-electron chi connectivity index (χ4n) is 3.91. The second-order valence-electron chi connectivity index (χ2n) is 7.48. The zero-order chi connectivity index (χ0) is 20.6. The Morgan fingerprint density at radius 3 is 2.21 bits per heavy atom. The molecular weight excluding hydrogens is 366 g/mol. The molecule has 154 valence electrons. The molecule has 1 unspecified atom stereocenters. The number of hydrogen-bond donors (Lipinski definition) is 2. The largest absolute Gasteiger partial charge is 0.449 e. The smallest absolute Gasteiger partial charge is 0.407 e. The summed E-state index contributed by atoms with van der Waals surface area (Å²) >= 11 is 0.